The molecule has 7 nitrogen and oxygen atoms in total. The standard InChI is InChI=1S/C21H16Cl2N4O3S/c22-17-7-4-8-19(20(17)23)26-21(28)25-16-9-10-18(15(11-16)12-24)27-31(29,30)13-14-5-2-1-3-6-14/h1-11,27H,13H2,(H2,25,26,28). The van der Waals surface area contributed by atoms with Crippen LogP contribution in [0.5, 0.6) is 0 Å². The summed E-state index contributed by atoms with van der Waals surface area (Å²) in [7, 11) is -3.73. The summed E-state index contributed by atoms with van der Waals surface area (Å²) in [5, 5.41) is 15.0. The van der Waals surface area contributed by atoms with Gasteiger partial charge in [-0.05, 0) is 35.9 Å². The molecule has 3 N–H and O–H groups in total. The summed E-state index contributed by atoms with van der Waals surface area (Å²) in [5.74, 6) is -0.235. The van der Waals surface area contributed by atoms with Crippen molar-refractivity contribution in [1.29, 1.82) is 5.26 Å². The monoisotopic (exact) mass is 474 g/mol. The number of hydrogen-bond acceptors (Lipinski definition) is 4. The Hall–Kier alpha value is -3.25. The first-order valence-corrected chi connectivity index (χ1v) is 11.3. The lowest BCUT2D eigenvalue weighted by atomic mass is 10.2. The number of amides is 2. The molecule has 0 aromatic heterocycles. The van der Waals surface area contributed by atoms with E-state index in [1.165, 1.54) is 18.2 Å². The normalized spacial score (nSPS) is 10.7. The van der Waals surface area contributed by atoms with Gasteiger partial charge in [0.05, 0.1) is 32.7 Å². The van der Waals surface area contributed by atoms with Crippen molar-refractivity contribution in [3.05, 3.63) is 87.9 Å². The maximum Gasteiger partial charge on any atom is 0.323 e. The number of benzene rings is 3. The van der Waals surface area contributed by atoms with E-state index in [0.717, 1.165) is 0 Å². The molecule has 0 aliphatic rings. The van der Waals surface area contributed by atoms with Gasteiger partial charge in [-0.25, -0.2) is 13.2 Å². The average Bonchev–Trinajstić information content (AvgIpc) is 2.72. The first-order valence-electron chi connectivity index (χ1n) is 8.88. The van der Waals surface area contributed by atoms with Gasteiger partial charge >= 0.3 is 6.03 Å². The van der Waals surface area contributed by atoms with E-state index in [2.05, 4.69) is 15.4 Å². The lowest BCUT2D eigenvalue weighted by molar-refractivity contribution is 0.262. The van der Waals surface area contributed by atoms with Gasteiger partial charge in [0.15, 0.2) is 0 Å². The summed E-state index contributed by atoms with van der Waals surface area (Å²) in [6.45, 7) is 0. The van der Waals surface area contributed by atoms with E-state index >= 15 is 0 Å². The van der Waals surface area contributed by atoms with Crippen molar-refractivity contribution in [3.63, 3.8) is 0 Å². The molecule has 0 spiro atoms. The first kappa shape index (κ1) is 22.4. The Kier molecular flexibility index (Phi) is 7.02. The fourth-order valence-electron chi connectivity index (χ4n) is 2.69. The molecule has 31 heavy (non-hydrogen) atoms. The van der Waals surface area contributed by atoms with Crippen LogP contribution in [-0.4, -0.2) is 14.4 Å². The van der Waals surface area contributed by atoms with Crippen LogP contribution < -0.4 is 15.4 Å². The van der Waals surface area contributed by atoms with Crippen LogP contribution in [0.3, 0.4) is 0 Å². The minimum atomic E-state index is -3.73. The zero-order chi connectivity index (χ0) is 22.4. The van der Waals surface area contributed by atoms with Crippen LogP contribution in [0, 0.1) is 11.3 Å². The van der Waals surface area contributed by atoms with Gasteiger partial charge in [-0.15, -0.1) is 0 Å². The van der Waals surface area contributed by atoms with Crippen LogP contribution in [0.25, 0.3) is 0 Å². The molecule has 0 unspecified atom stereocenters. The summed E-state index contributed by atoms with van der Waals surface area (Å²) in [5.41, 5.74) is 1.39. The van der Waals surface area contributed by atoms with Gasteiger partial charge in [-0.1, -0.05) is 59.6 Å². The molecule has 0 aliphatic heterocycles. The summed E-state index contributed by atoms with van der Waals surface area (Å²) in [6.07, 6.45) is 0. The van der Waals surface area contributed by atoms with Crippen LogP contribution in [0.15, 0.2) is 66.7 Å². The zero-order valence-corrected chi connectivity index (χ0v) is 18.2. The van der Waals surface area contributed by atoms with E-state index in [9.17, 15) is 18.5 Å². The number of sulfonamides is 1. The molecule has 0 fully saturated rings. The molecule has 158 valence electrons. The number of nitrogens with zero attached hydrogens (tertiary/aromatic N) is 1. The Labute approximate surface area is 189 Å². The number of carbonyl (C=O) groups excluding carboxylic acids is 1. The quantitative estimate of drug-likeness (QED) is 0.440. The van der Waals surface area contributed by atoms with Crippen LogP contribution >= 0.6 is 23.2 Å². The Balaban J connectivity index is 1.71. The zero-order valence-electron chi connectivity index (χ0n) is 15.9. The number of rotatable bonds is 6. The van der Waals surface area contributed by atoms with Crippen LogP contribution in [0.2, 0.25) is 10.0 Å². The highest BCUT2D eigenvalue weighted by Gasteiger charge is 2.15. The molecular weight excluding hydrogens is 459 g/mol. The Morgan fingerprint density at radius 2 is 1.68 bits per heavy atom. The van der Waals surface area contributed by atoms with Gasteiger partial charge in [0.2, 0.25) is 10.0 Å². The maximum atomic E-state index is 12.4. The average molecular weight is 475 g/mol. The van der Waals surface area contributed by atoms with Crippen LogP contribution in [-0.2, 0) is 15.8 Å². The van der Waals surface area contributed by atoms with Crippen molar-refractivity contribution in [1.82, 2.24) is 0 Å². The van der Waals surface area contributed by atoms with Crippen LogP contribution in [0.4, 0.5) is 21.9 Å². The van der Waals surface area contributed by atoms with E-state index < -0.39 is 16.1 Å². The molecule has 0 atom stereocenters. The summed E-state index contributed by atoms with van der Waals surface area (Å²) in [6, 6.07) is 19.0. The van der Waals surface area contributed by atoms with E-state index in [0.29, 0.717) is 22.0 Å². The first-order chi connectivity index (χ1) is 14.8. The van der Waals surface area contributed by atoms with E-state index in [4.69, 9.17) is 23.2 Å². The molecule has 0 aliphatic carbocycles. The predicted octanol–water partition coefficient (Wildman–Crippen LogP) is 5.45. The molecule has 2 amide bonds. The second kappa shape index (κ2) is 9.71. The number of carbonyl (C=O) groups is 1. The lowest BCUT2D eigenvalue weighted by Crippen LogP contribution is -2.20. The van der Waals surface area contributed by atoms with Gasteiger partial charge in [-0.3, -0.25) is 4.72 Å². The number of anilines is 3. The Morgan fingerprint density at radius 3 is 2.39 bits per heavy atom. The highest BCUT2D eigenvalue weighted by atomic mass is 35.5. The van der Waals surface area contributed by atoms with Crippen LogP contribution in [0.1, 0.15) is 11.1 Å². The Bertz CT molecular complexity index is 1260. The van der Waals surface area contributed by atoms with E-state index in [1.54, 1.807) is 48.5 Å². The Morgan fingerprint density at radius 1 is 0.935 bits per heavy atom. The SMILES string of the molecule is N#Cc1cc(NC(=O)Nc2cccc(Cl)c2Cl)ccc1NS(=O)(=O)Cc1ccccc1. The molecule has 0 bridgehead atoms. The fraction of sp³-hybridized carbons (Fsp3) is 0.0476. The van der Waals surface area contributed by atoms with Crippen molar-refractivity contribution >= 4 is 56.3 Å². The number of nitrogens with one attached hydrogen (secondary N) is 3. The summed E-state index contributed by atoms with van der Waals surface area (Å²) >= 11 is 12.0. The number of hydrogen-bond donors (Lipinski definition) is 3. The van der Waals surface area contributed by atoms with Gasteiger partial charge in [0.25, 0.3) is 0 Å². The van der Waals surface area contributed by atoms with Gasteiger partial charge in [-0.2, -0.15) is 5.26 Å². The van der Waals surface area contributed by atoms with Crippen molar-refractivity contribution in [3.8, 4) is 6.07 Å². The van der Waals surface area contributed by atoms with Crippen molar-refractivity contribution < 1.29 is 13.2 Å². The van der Waals surface area contributed by atoms with Crippen molar-refractivity contribution in [2.75, 3.05) is 15.4 Å². The third-order valence-corrected chi connectivity index (χ3v) is 6.13. The topological polar surface area (TPSA) is 111 Å². The molecule has 3 aromatic carbocycles. The van der Waals surface area contributed by atoms with E-state index in [1.807, 2.05) is 6.07 Å². The fourth-order valence-corrected chi connectivity index (χ4v) is 4.25. The maximum absolute atomic E-state index is 12.4. The third-order valence-electron chi connectivity index (χ3n) is 4.06. The van der Waals surface area contributed by atoms with Gasteiger partial charge in [0.1, 0.15) is 6.07 Å². The summed E-state index contributed by atoms with van der Waals surface area (Å²) < 4.78 is 27.3. The van der Waals surface area contributed by atoms with Crippen molar-refractivity contribution in [2.24, 2.45) is 0 Å². The number of urea groups is 1. The van der Waals surface area contributed by atoms with Crippen molar-refractivity contribution in [2.45, 2.75) is 5.75 Å². The molecule has 3 rings (SSSR count). The number of halogens is 2. The van der Waals surface area contributed by atoms with E-state index in [-0.39, 0.29) is 22.0 Å². The minimum Gasteiger partial charge on any atom is -0.308 e. The second-order valence-corrected chi connectivity index (χ2v) is 8.91. The molecule has 0 saturated heterocycles. The highest BCUT2D eigenvalue weighted by Crippen LogP contribution is 2.29. The molecule has 0 radical (unpaired) electrons. The molecule has 10 heteroatoms. The third kappa shape index (κ3) is 6.12. The lowest BCUT2D eigenvalue weighted by Gasteiger charge is -2.12. The second-order valence-electron chi connectivity index (χ2n) is 6.40. The van der Waals surface area contributed by atoms with Gasteiger partial charge in [0, 0.05) is 5.69 Å². The minimum absolute atomic E-state index is 0.0511. The molecule has 0 saturated carbocycles. The molecule has 3 aromatic rings. The predicted molar refractivity (Wildman–Crippen MR) is 123 cm³/mol. The molecule has 0 heterocycles. The largest absolute Gasteiger partial charge is 0.323 e. The summed E-state index contributed by atoms with van der Waals surface area (Å²) in [4.78, 5) is 12.2. The van der Waals surface area contributed by atoms with Gasteiger partial charge < -0.3 is 10.6 Å². The molecular formula is C21H16Cl2N4O3S. The smallest absolute Gasteiger partial charge is 0.308 e. The highest BCUT2D eigenvalue weighted by molar-refractivity contribution is 7.91. The number of nitriles is 1.